The van der Waals surface area contributed by atoms with Gasteiger partial charge < -0.3 is 9.47 Å². The van der Waals surface area contributed by atoms with Crippen molar-refractivity contribution in [3.63, 3.8) is 0 Å². The van der Waals surface area contributed by atoms with Crippen molar-refractivity contribution in [2.24, 2.45) is 0 Å². The van der Waals surface area contributed by atoms with Gasteiger partial charge in [-0.2, -0.15) is 0 Å². The highest BCUT2D eigenvalue weighted by atomic mass is 31.2. The molecule has 0 bridgehead atoms. The van der Waals surface area contributed by atoms with Crippen LogP contribution in [0.4, 0.5) is 0 Å². The van der Waals surface area contributed by atoms with Gasteiger partial charge in [-0.25, -0.2) is 13.9 Å². The molecule has 1 aromatic rings. The maximum absolute atomic E-state index is 12.8. The van der Waals surface area contributed by atoms with Crippen molar-refractivity contribution >= 4 is 27.6 Å². The van der Waals surface area contributed by atoms with Gasteiger partial charge in [-0.05, 0) is 39.8 Å². The molecule has 1 unspecified atom stereocenters. The summed E-state index contributed by atoms with van der Waals surface area (Å²) in [6, 6.07) is 5.96. The second-order valence-electron chi connectivity index (χ2n) is 6.28. The lowest BCUT2D eigenvalue weighted by Gasteiger charge is -2.24. The Morgan fingerprint density at radius 3 is 1.85 bits per heavy atom. The van der Waals surface area contributed by atoms with E-state index in [1.165, 1.54) is 19.1 Å². The van der Waals surface area contributed by atoms with Crippen molar-refractivity contribution in [3.05, 3.63) is 29.8 Å². The third kappa shape index (κ3) is 10.8. The van der Waals surface area contributed by atoms with Crippen LogP contribution in [-0.4, -0.2) is 57.7 Å². The Morgan fingerprint density at radius 1 is 0.794 bits per heavy atom. The summed E-state index contributed by atoms with van der Waals surface area (Å²) in [5.41, 5.74) is -0.0236. The fourth-order valence-corrected chi connectivity index (χ4v) is 4.95. The van der Waals surface area contributed by atoms with Crippen molar-refractivity contribution in [2.45, 2.75) is 40.7 Å². The summed E-state index contributed by atoms with van der Waals surface area (Å²) in [6.07, 6.45) is -1.25. The van der Waals surface area contributed by atoms with Gasteiger partial charge in [0.15, 0.2) is 0 Å². The van der Waals surface area contributed by atoms with Gasteiger partial charge in [0, 0.05) is 6.92 Å². The van der Waals surface area contributed by atoms with E-state index in [1.54, 1.807) is 39.8 Å². The van der Waals surface area contributed by atoms with Crippen LogP contribution in [-0.2, 0) is 45.8 Å². The van der Waals surface area contributed by atoms with E-state index >= 15 is 0 Å². The average Bonchev–Trinajstić information content (AvgIpc) is 2.76. The molecule has 0 aliphatic heterocycles. The molecular weight excluding hydrogens is 494 g/mol. The molecule has 0 spiro atoms. The maximum atomic E-state index is 12.8. The predicted molar refractivity (Wildman–Crippen MR) is 121 cm³/mol. The minimum Gasteiger partial charge on any atom is -0.459 e. The molecule has 0 heterocycles. The number of hydrogen-bond donors (Lipinski definition) is 0. The smallest absolute Gasteiger partial charge is 0.459 e. The summed E-state index contributed by atoms with van der Waals surface area (Å²) in [5.74, 6) is -1.47. The lowest BCUT2D eigenvalue weighted by atomic mass is 10.2. The summed E-state index contributed by atoms with van der Waals surface area (Å²) in [6.45, 7) is 6.67. The first-order valence-electron chi connectivity index (χ1n) is 10.7. The van der Waals surface area contributed by atoms with Crippen molar-refractivity contribution in [2.75, 3.05) is 39.6 Å². The van der Waals surface area contributed by atoms with Crippen LogP contribution >= 0.6 is 15.6 Å². The molecule has 194 valence electrons. The van der Waals surface area contributed by atoms with Crippen LogP contribution in [0.2, 0.25) is 0 Å². The zero-order valence-corrected chi connectivity index (χ0v) is 21.7. The van der Waals surface area contributed by atoms with E-state index in [1.807, 2.05) is 0 Å². The van der Waals surface area contributed by atoms with Gasteiger partial charge in [0.2, 0.25) is 0 Å². The number of rotatable bonds is 17. The van der Waals surface area contributed by atoms with Crippen LogP contribution in [0.3, 0.4) is 0 Å². The highest BCUT2D eigenvalue weighted by molar-refractivity contribution is 7.48. The Morgan fingerprint density at radius 2 is 1.32 bits per heavy atom. The van der Waals surface area contributed by atoms with Crippen molar-refractivity contribution in [1.29, 1.82) is 0 Å². The molecule has 1 rings (SSSR count). The fourth-order valence-electron chi connectivity index (χ4n) is 2.43. The van der Waals surface area contributed by atoms with Gasteiger partial charge >= 0.3 is 27.6 Å². The van der Waals surface area contributed by atoms with E-state index in [9.17, 15) is 18.7 Å². The van der Waals surface area contributed by atoms with Crippen LogP contribution in [0.25, 0.3) is 0 Å². The molecule has 0 radical (unpaired) electrons. The number of carbonyl (C=O) groups is 2. The first kappa shape index (κ1) is 30.4. The van der Waals surface area contributed by atoms with E-state index in [-0.39, 0.29) is 37.7 Å². The van der Waals surface area contributed by atoms with Crippen LogP contribution in [0, 0.1) is 0 Å². The van der Waals surface area contributed by atoms with Crippen LogP contribution in [0.5, 0.6) is 5.75 Å². The van der Waals surface area contributed by atoms with E-state index < -0.39 is 46.9 Å². The summed E-state index contributed by atoms with van der Waals surface area (Å²) in [7, 11) is -8.01. The second-order valence-corrected chi connectivity index (χ2v) is 9.57. The first-order valence-corrected chi connectivity index (χ1v) is 13.6. The van der Waals surface area contributed by atoms with Gasteiger partial charge in [0.25, 0.3) is 0 Å². The number of esters is 2. The zero-order chi connectivity index (χ0) is 25.6. The van der Waals surface area contributed by atoms with Gasteiger partial charge in [-0.1, -0.05) is 12.1 Å². The Hall–Kier alpha value is -1.62. The first-order chi connectivity index (χ1) is 16.1. The van der Waals surface area contributed by atoms with Gasteiger partial charge in [0.1, 0.15) is 24.0 Å². The van der Waals surface area contributed by atoms with Crippen molar-refractivity contribution < 1.29 is 55.3 Å². The van der Waals surface area contributed by atoms with E-state index in [4.69, 9.17) is 36.6 Å². The molecule has 14 heteroatoms. The SMILES string of the molecule is CCOP(=O)(OCC)OCC(COC(=O)c1ccccc1OC(C)=O)OP(=O)(OCC)OCC. The number of hydrogen-bond acceptors (Lipinski definition) is 12. The predicted octanol–water partition coefficient (Wildman–Crippen LogP) is 4.53. The standard InChI is InChI=1S/C20H32O12P2/c1-6-26-33(23,27-7-2)30-15-17(32-34(24,28-8-3)29-9-4)14-25-20(22)18-12-10-11-13-19(18)31-16(5)21/h10-13,17H,6-9,14-15H2,1-5H3. The Kier molecular flexibility index (Phi) is 13.8. The van der Waals surface area contributed by atoms with Crippen LogP contribution in [0.15, 0.2) is 24.3 Å². The topological polar surface area (TPSA) is 142 Å². The summed E-state index contributed by atoms with van der Waals surface area (Å²) in [4.78, 5) is 23.9. The molecule has 0 amide bonds. The van der Waals surface area contributed by atoms with Gasteiger partial charge in [0.05, 0.1) is 33.0 Å². The molecule has 0 saturated heterocycles. The number of ether oxygens (including phenoxy) is 2. The minimum atomic E-state index is -4.06. The van der Waals surface area contributed by atoms with E-state index in [0.717, 1.165) is 0 Å². The molecule has 0 aromatic heterocycles. The normalized spacial score (nSPS) is 12.9. The van der Waals surface area contributed by atoms with Crippen molar-refractivity contribution in [3.8, 4) is 5.75 Å². The number of phosphoric ester groups is 2. The van der Waals surface area contributed by atoms with Crippen LogP contribution in [0.1, 0.15) is 45.0 Å². The Labute approximate surface area is 199 Å². The van der Waals surface area contributed by atoms with E-state index in [0.29, 0.717) is 0 Å². The molecular formula is C20H32O12P2. The Bertz CT molecular complexity index is 855. The lowest BCUT2D eigenvalue weighted by Crippen LogP contribution is -2.27. The molecule has 0 aliphatic carbocycles. The largest absolute Gasteiger partial charge is 0.475 e. The van der Waals surface area contributed by atoms with Crippen LogP contribution < -0.4 is 4.74 Å². The highest BCUT2D eigenvalue weighted by Gasteiger charge is 2.34. The maximum Gasteiger partial charge on any atom is 0.475 e. The molecule has 0 aliphatic rings. The highest BCUT2D eigenvalue weighted by Crippen LogP contribution is 2.52. The molecule has 0 saturated carbocycles. The molecule has 0 N–H and O–H groups in total. The summed E-state index contributed by atoms with van der Waals surface area (Å²) in [5, 5.41) is 0. The van der Waals surface area contributed by atoms with Gasteiger partial charge in [-0.3, -0.25) is 31.9 Å². The molecule has 0 fully saturated rings. The number of benzene rings is 1. The molecule has 1 atom stereocenters. The molecule has 12 nitrogen and oxygen atoms in total. The minimum absolute atomic E-state index is 0.000199. The third-order valence-electron chi connectivity index (χ3n) is 3.61. The average molecular weight is 526 g/mol. The summed E-state index contributed by atoms with van der Waals surface area (Å²) < 4.78 is 66.8. The third-order valence-corrected chi connectivity index (χ3v) is 6.93. The number of carbonyl (C=O) groups excluding carboxylic acids is 2. The van der Waals surface area contributed by atoms with E-state index in [2.05, 4.69) is 0 Å². The molecule has 34 heavy (non-hydrogen) atoms. The fraction of sp³-hybridized carbons (Fsp3) is 0.600. The lowest BCUT2D eigenvalue weighted by molar-refractivity contribution is -0.131. The quantitative estimate of drug-likeness (QED) is 0.160. The second kappa shape index (κ2) is 15.4. The molecule has 1 aromatic carbocycles. The summed E-state index contributed by atoms with van der Waals surface area (Å²) >= 11 is 0. The zero-order valence-electron chi connectivity index (χ0n) is 19.9. The Balaban J connectivity index is 3.04. The number of phosphoric acid groups is 2. The number of para-hydroxylation sites is 1. The van der Waals surface area contributed by atoms with Crippen molar-refractivity contribution in [1.82, 2.24) is 0 Å². The van der Waals surface area contributed by atoms with Gasteiger partial charge in [-0.15, -0.1) is 0 Å². The monoisotopic (exact) mass is 526 g/mol.